The van der Waals surface area contributed by atoms with E-state index in [4.69, 9.17) is 5.73 Å². The summed E-state index contributed by atoms with van der Waals surface area (Å²) in [7, 11) is 1.76. The summed E-state index contributed by atoms with van der Waals surface area (Å²) >= 11 is 1.41. The Balaban J connectivity index is 2.41. The van der Waals surface area contributed by atoms with Gasteiger partial charge >= 0.3 is 0 Å². The summed E-state index contributed by atoms with van der Waals surface area (Å²) in [6.45, 7) is 5.18. The van der Waals surface area contributed by atoms with Gasteiger partial charge in [0.05, 0.1) is 4.88 Å². The van der Waals surface area contributed by atoms with E-state index < -0.39 is 0 Å². The zero-order valence-corrected chi connectivity index (χ0v) is 12.6. The molecule has 0 aliphatic rings. The van der Waals surface area contributed by atoms with Gasteiger partial charge in [0.15, 0.2) is 5.78 Å². The van der Waals surface area contributed by atoms with Crippen LogP contribution in [-0.4, -0.2) is 36.7 Å². The second kappa shape index (κ2) is 6.82. The number of rotatable bonds is 7. The topological polar surface area (TPSA) is 63.4 Å². The van der Waals surface area contributed by atoms with Gasteiger partial charge in [-0.2, -0.15) is 0 Å². The first-order valence-corrected chi connectivity index (χ1v) is 7.24. The van der Waals surface area contributed by atoms with Gasteiger partial charge in [-0.25, -0.2) is 0 Å². The summed E-state index contributed by atoms with van der Waals surface area (Å²) in [4.78, 5) is 26.1. The second-order valence-corrected chi connectivity index (χ2v) is 6.47. The smallest absolute Gasteiger partial charge is 0.222 e. The van der Waals surface area contributed by atoms with E-state index in [-0.39, 0.29) is 29.9 Å². The standard InChI is InChI=1S/C14H22N2O2S/c1-14(2,9-15)10-16(3)13(18)7-6-11(17)12-5-4-8-19-12/h4-5,8H,6-7,9-10,15H2,1-3H3. The molecule has 5 heteroatoms. The normalized spacial score (nSPS) is 11.4. The molecule has 0 saturated carbocycles. The van der Waals surface area contributed by atoms with Gasteiger partial charge in [-0.1, -0.05) is 19.9 Å². The summed E-state index contributed by atoms with van der Waals surface area (Å²) in [5.74, 6) is 0.0290. The highest BCUT2D eigenvalue weighted by Crippen LogP contribution is 2.16. The highest BCUT2D eigenvalue weighted by atomic mass is 32.1. The average Bonchev–Trinajstić information content (AvgIpc) is 2.88. The fourth-order valence-electron chi connectivity index (χ4n) is 1.77. The molecule has 0 aliphatic carbocycles. The first-order valence-electron chi connectivity index (χ1n) is 6.36. The number of ketones is 1. The number of thiophene rings is 1. The summed E-state index contributed by atoms with van der Waals surface area (Å²) in [5, 5.41) is 1.87. The van der Waals surface area contributed by atoms with Crippen LogP contribution in [0.15, 0.2) is 17.5 Å². The minimum Gasteiger partial charge on any atom is -0.345 e. The number of amides is 1. The molecule has 2 N–H and O–H groups in total. The Labute approximate surface area is 118 Å². The van der Waals surface area contributed by atoms with Crippen molar-refractivity contribution in [3.05, 3.63) is 22.4 Å². The van der Waals surface area contributed by atoms with Crippen LogP contribution in [0.4, 0.5) is 0 Å². The van der Waals surface area contributed by atoms with Crippen molar-refractivity contribution >= 4 is 23.0 Å². The molecule has 0 aromatic carbocycles. The van der Waals surface area contributed by atoms with E-state index in [0.29, 0.717) is 13.1 Å². The van der Waals surface area contributed by atoms with Gasteiger partial charge in [0.1, 0.15) is 0 Å². The van der Waals surface area contributed by atoms with Crippen LogP contribution in [0.5, 0.6) is 0 Å². The van der Waals surface area contributed by atoms with Crippen molar-refractivity contribution < 1.29 is 9.59 Å². The Hall–Kier alpha value is -1.20. The number of carbonyl (C=O) groups is 2. The Kier molecular flexibility index (Phi) is 5.69. The molecule has 19 heavy (non-hydrogen) atoms. The van der Waals surface area contributed by atoms with E-state index in [1.807, 2.05) is 25.3 Å². The highest BCUT2D eigenvalue weighted by Gasteiger charge is 2.21. The molecule has 0 saturated heterocycles. The summed E-state index contributed by atoms with van der Waals surface area (Å²) in [6.07, 6.45) is 0.528. The van der Waals surface area contributed by atoms with Crippen LogP contribution in [0.1, 0.15) is 36.4 Å². The molecule has 1 heterocycles. The molecular weight excluding hydrogens is 260 g/mol. The van der Waals surface area contributed by atoms with Crippen molar-refractivity contribution in [2.24, 2.45) is 11.1 Å². The predicted molar refractivity (Wildman–Crippen MR) is 78.4 cm³/mol. The monoisotopic (exact) mass is 282 g/mol. The summed E-state index contributed by atoms with van der Waals surface area (Å²) in [5.41, 5.74) is 5.56. The van der Waals surface area contributed by atoms with Crippen molar-refractivity contribution in [1.29, 1.82) is 0 Å². The molecule has 0 aliphatic heterocycles. The van der Waals surface area contributed by atoms with Gasteiger partial charge in [0.2, 0.25) is 5.91 Å². The van der Waals surface area contributed by atoms with Crippen molar-refractivity contribution in [3.63, 3.8) is 0 Å². The van der Waals surface area contributed by atoms with E-state index in [1.165, 1.54) is 11.3 Å². The third-order valence-electron chi connectivity index (χ3n) is 3.01. The van der Waals surface area contributed by atoms with Crippen LogP contribution in [0, 0.1) is 5.41 Å². The first kappa shape index (κ1) is 15.9. The molecule has 1 aromatic rings. The van der Waals surface area contributed by atoms with Crippen LogP contribution in [-0.2, 0) is 4.79 Å². The molecule has 0 spiro atoms. The maximum Gasteiger partial charge on any atom is 0.222 e. The average molecular weight is 282 g/mol. The van der Waals surface area contributed by atoms with Gasteiger partial charge in [0, 0.05) is 26.4 Å². The molecule has 0 fully saturated rings. The zero-order valence-electron chi connectivity index (χ0n) is 11.8. The number of carbonyl (C=O) groups excluding carboxylic acids is 2. The zero-order chi connectivity index (χ0) is 14.5. The molecule has 0 radical (unpaired) electrons. The van der Waals surface area contributed by atoms with Crippen LogP contribution in [0.2, 0.25) is 0 Å². The molecule has 0 atom stereocenters. The fourth-order valence-corrected chi connectivity index (χ4v) is 2.46. The van der Waals surface area contributed by atoms with Gasteiger partial charge in [-0.3, -0.25) is 9.59 Å². The lowest BCUT2D eigenvalue weighted by Gasteiger charge is -2.29. The van der Waals surface area contributed by atoms with Gasteiger partial charge in [-0.05, 0) is 23.4 Å². The van der Waals surface area contributed by atoms with E-state index in [1.54, 1.807) is 18.0 Å². The van der Waals surface area contributed by atoms with Crippen LogP contribution >= 0.6 is 11.3 Å². The lowest BCUT2D eigenvalue weighted by Crippen LogP contribution is -2.39. The van der Waals surface area contributed by atoms with Gasteiger partial charge in [0.25, 0.3) is 0 Å². The Morgan fingerprint density at radius 2 is 2.05 bits per heavy atom. The maximum atomic E-state index is 11.9. The lowest BCUT2D eigenvalue weighted by molar-refractivity contribution is -0.131. The fraction of sp³-hybridized carbons (Fsp3) is 0.571. The Morgan fingerprint density at radius 1 is 1.37 bits per heavy atom. The van der Waals surface area contributed by atoms with E-state index >= 15 is 0 Å². The molecule has 1 aromatic heterocycles. The SMILES string of the molecule is CN(CC(C)(C)CN)C(=O)CCC(=O)c1cccs1. The van der Waals surface area contributed by atoms with Crippen molar-refractivity contribution in [2.45, 2.75) is 26.7 Å². The van der Waals surface area contributed by atoms with Gasteiger partial charge in [-0.15, -0.1) is 11.3 Å². The van der Waals surface area contributed by atoms with Crippen molar-refractivity contribution in [3.8, 4) is 0 Å². The maximum absolute atomic E-state index is 11.9. The molecule has 1 amide bonds. The molecule has 1 rings (SSSR count). The van der Waals surface area contributed by atoms with Gasteiger partial charge < -0.3 is 10.6 Å². The van der Waals surface area contributed by atoms with Crippen LogP contribution in [0.3, 0.4) is 0 Å². The van der Waals surface area contributed by atoms with E-state index in [0.717, 1.165) is 4.88 Å². The molecule has 106 valence electrons. The van der Waals surface area contributed by atoms with Crippen LogP contribution in [0.25, 0.3) is 0 Å². The number of hydrogen-bond donors (Lipinski definition) is 1. The number of nitrogens with zero attached hydrogens (tertiary/aromatic N) is 1. The quantitative estimate of drug-likeness (QED) is 0.779. The molecule has 4 nitrogen and oxygen atoms in total. The van der Waals surface area contributed by atoms with Crippen molar-refractivity contribution in [1.82, 2.24) is 4.90 Å². The predicted octanol–water partition coefficient (Wildman–Crippen LogP) is 2.15. The first-order chi connectivity index (χ1) is 8.85. The summed E-state index contributed by atoms with van der Waals surface area (Å²) in [6, 6.07) is 3.63. The molecular formula is C14H22N2O2S. The Bertz CT molecular complexity index is 427. The third-order valence-corrected chi connectivity index (χ3v) is 3.92. The van der Waals surface area contributed by atoms with Crippen molar-refractivity contribution in [2.75, 3.05) is 20.1 Å². The largest absolute Gasteiger partial charge is 0.345 e. The Morgan fingerprint density at radius 3 is 2.58 bits per heavy atom. The second-order valence-electron chi connectivity index (χ2n) is 5.52. The molecule has 0 bridgehead atoms. The van der Waals surface area contributed by atoms with E-state index in [9.17, 15) is 9.59 Å². The summed E-state index contributed by atoms with van der Waals surface area (Å²) < 4.78 is 0. The van der Waals surface area contributed by atoms with E-state index in [2.05, 4.69) is 0 Å². The lowest BCUT2D eigenvalue weighted by atomic mass is 9.93. The number of Topliss-reactive ketones (excluding diaryl/α,β-unsaturated/α-hetero) is 1. The highest BCUT2D eigenvalue weighted by molar-refractivity contribution is 7.12. The number of hydrogen-bond acceptors (Lipinski definition) is 4. The number of nitrogens with two attached hydrogens (primary N) is 1. The minimum absolute atomic E-state index is 0.00793. The minimum atomic E-state index is -0.0951. The van der Waals surface area contributed by atoms with Crippen LogP contribution < -0.4 is 5.73 Å². The molecule has 0 unspecified atom stereocenters. The third kappa shape index (κ3) is 5.12.